The van der Waals surface area contributed by atoms with Crippen molar-refractivity contribution in [3.8, 4) is 6.07 Å². The molecule has 3 aromatic rings. The van der Waals surface area contributed by atoms with Gasteiger partial charge in [0.25, 0.3) is 0 Å². The molecule has 1 saturated carbocycles. The van der Waals surface area contributed by atoms with Crippen molar-refractivity contribution in [3.05, 3.63) is 64.5 Å². The number of benzene rings is 2. The number of aliphatic hydroxyl groups is 1. The van der Waals surface area contributed by atoms with Crippen LogP contribution in [0.2, 0.25) is 0 Å². The van der Waals surface area contributed by atoms with Gasteiger partial charge in [0.2, 0.25) is 0 Å². The molecule has 0 aliphatic heterocycles. The maximum Gasteiger partial charge on any atom is 0.141 e. The Bertz CT molecular complexity index is 1210. The molecule has 5 nitrogen and oxygen atoms in total. The molecule has 0 amide bonds. The summed E-state index contributed by atoms with van der Waals surface area (Å²) in [7, 11) is 0. The molecule has 1 fully saturated rings. The first-order valence-electron chi connectivity index (χ1n) is 12.3. The van der Waals surface area contributed by atoms with Crippen molar-refractivity contribution < 1.29 is 5.11 Å². The average Bonchev–Trinajstić information content (AvgIpc) is 3.38. The summed E-state index contributed by atoms with van der Waals surface area (Å²) in [5.74, 6) is 1.40. The van der Waals surface area contributed by atoms with Gasteiger partial charge in [-0.1, -0.05) is 12.1 Å². The van der Waals surface area contributed by atoms with Gasteiger partial charge in [-0.3, -0.25) is 0 Å². The largest absolute Gasteiger partial charge is 0.383 e. The minimum Gasteiger partial charge on any atom is -0.383 e. The average molecular weight is 443 g/mol. The van der Waals surface area contributed by atoms with E-state index in [1.165, 1.54) is 16.7 Å². The maximum absolute atomic E-state index is 10.8. The summed E-state index contributed by atoms with van der Waals surface area (Å²) in [4.78, 5) is 4.84. The van der Waals surface area contributed by atoms with E-state index in [0.717, 1.165) is 67.5 Å². The van der Waals surface area contributed by atoms with Crippen LogP contribution in [0.25, 0.3) is 11.0 Å². The van der Waals surface area contributed by atoms with E-state index >= 15 is 0 Å². The van der Waals surface area contributed by atoms with Crippen LogP contribution in [0.15, 0.2) is 36.4 Å². The number of rotatable bonds is 5. The van der Waals surface area contributed by atoms with Crippen LogP contribution in [0.5, 0.6) is 0 Å². The van der Waals surface area contributed by atoms with Gasteiger partial charge in [0, 0.05) is 12.1 Å². The van der Waals surface area contributed by atoms with Crippen molar-refractivity contribution in [1.82, 2.24) is 14.9 Å². The number of nitrogens with zero attached hydrogens (tertiary/aromatic N) is 3. The topological polar surface area (TPSA) is 73.9 Å². The number of imidazole rings is 1. The van der Waals surface area contributed by atoms with Gasteiger partial charge in [-0.2, -0.15) is 5.26 Å². The Balaban J connectivity index is 1.22. The normalized spacial score (nSPS) is 22.9. The van der Waals surface area contributed by atoms with Crippen LogP contribution in [-0.4, -0.2) is 27.2 Å². The summed E-state index contributed by atoms with van der Waals surface area (Å²) in [5.41, 5.74) is 5.87. The lowest BCUT2D eigenvalue weighted by atomic mass is 9.90. The van der Waals surface area contributed by atoms with Crippen molar-refractivity contribution in [2.45, 2.75) is 77.0 Å². The van der Waals surface area contributed by atoms with E-state index in [1.54, 1.807) is 0 Å². The van der Waals surface area contributed by atoms with Gasteiger partial charge in [-0.15, -0.1) is 0 Å². The van der Waals surface area contributed by atoms with Crippen molar-refractivity contribution in [3.63, 3.8) is 0 Å². The molecule has 33 heavy (non-hydrogen) atoms. The zero-order valence-electron chi connectivity index (χ0n) is 19.9. The highest BCUT2D eigenvalue weighted by atomic mass is 16.3. The van der Waals surface area contributed by atoms with Crippen molar-refractivity contribution in [2.24, 2.45) is 5.92 Å². The van der Waals surface area contributed by atoms with Gasteiger partial charge in [0.15, 0.2) is 0 Å². The molecule has 1 atom stereocenters. The smallest absolute Gasteiger partial charge is 0.141 e. The number of nitrogens with one attached hydrogen (secondary N) is 1. The first-order valence-corrected chi connectivity index (χ1v) is 12.3. The monoisotopic (exact) mass is 442 g/mol. The Labute approximate surface area is 196 Å². The Morgan fingerprint density at radius 3 is 2.58 bits per heavy atom. The summed E-state index contributed by atoms with van der Waals surface area (Å²) in [6.07, 6.45) is 6.65. The van der Waals surface area contributed by atoms with E-state index in [1.807, 2.05) is 19.9 Å². The third kappa shape index (κ3) is 4.43. The Hall–Kier alpha value is -2.68. The van der Waals surface area contributed by atoms with Crippen LogP contribution in [-0.2, 0) is 18.4 Å². The lowest BCUT2D eigenvalue weighted by Crippen LogP contribution is -2.37. The number of aromatic nitrogens is 2. The summed E-state index contributed by atoms with van der Waals surface area (Å²) in [6.45, 7) is 6.80. The number of nitriles is 1. The highest BCUT2D eigenvalue weighted by Gasteiger charge is 2.31. The van der Waals surface area contributed by atoms with Gasteiger partial charge < -0.3 is 15.0 Å². The molecule has 2 aliphatic carbocycles. The van der Waals surface area contributed by atoms with E-state index in [2.05, 4.69) is 53.2 Å². The lowest BCUT2D eigenvalue weighted by molar-refractivity contribution is 0.0620. The third-order valence-corrected chi connectivity index (χ3v) is 7.50. The van der Waals surface area contributed by atoms with Crippen LogP contribution in [0.1, 0.15) is 73.7 Å². The van der Waals surface area contributed by atoms with Crippen molar-refractivity contribution >= 4 is 11.0 Å². The number of hydrogen-bond acceptors (Lipinski definition) is 4. The third-order valence-electron chi connectivity index (χ3n) is 7.50. The fourth-order valence-electron chi connectivity index (χ4n) is 5.80. The standard InChI is InChI=1S/C28H34N4O/c1-18-4-11-26-25(12-18)31-27(28(2,3)33)32(26)24-9-7-23(8-10-24)30-17-20-14-21-6-5-19(16-29)13-22(21)15-20/h4-6,11-13,20,23-24,30,33H,7-10,14-15,17H2,1-3H3. The molecule has 2 N–H and O–H groups in total. The van der Waals surface area contributed by atoms with Gasteiger partial charge in [0.05, 0.1) is 22.7 Å². The first kappa shape index (κ1) is 22.1. The Kier molecular flexibility index (Phi) is 5.76. The molecule has 5 heteroatoms. The predicted octanol–water partition coefficient (Wildman–Crippen LogP) is 4.93. The number of fused-ring (bicyclic) bond motifs is 2. The maximum atomic E-state index is 10.8. The fourth-order valence-corrected chi connectivity index (χ4v) is 5.80. The van der Waals surface area contributed by atoms with E-state index < -0.39 is 5.60 Å². The molecule has 1 heterocycles. The van der Waals surface area contributed by atoms with E-state index in [4.69, 9.17) is 10.2 Å². The Morgan fingerprint density at radius 2 is 1.85 bits per heavy atom. The van der Waals surface area contributed by atoms with Crippen LogP contribution < -0.4 is 5.32 Å². The van der Waals surface area contributed by atoms with Gasteiger partial charge >= 0.3 is 0 Å². The van der Waals surface area contributed by atoms with E-state index in [0.29, 0.717) is 18.0 Å². The summed E-state index contributed by atoms with van der Waals surface area (Å²) >= 11 is 0. The lowest BCUT2D eigenvalue weighted by Gasteiger charge is -2.33. The van der Waals surface area contributed by atoms with Crippen LogP contribution >= 0.6 is 0 Å². The molecular formula is C28H34N4O. The molecule has 172 valence electrons. The van der Waals surface area contributed by atoms with Gasteiger partial charge in [-0.05, 0) is 113 Å². The highest BCUT2D eigenvalue weighted by Crippen LogP contribution is 2.36. The second kappa shape index (κ2) is 8.59. The van der Waals surface area contributed by atoms with Crippen LogP contribution in [0.4, 0.5) is 0 Å². The first-order chi connectivity index (χ1) is 15.8. The summed E-state index contributed by atoms with van der Waals surface area (Å²) in [5, 5.41) is 23.8. The molecule has 0 spiro atoms. The minimum absolute atomic E-state index is 0.373. The molecule has 0 bridgehead atoms. The molecule has 1 aromatic heterocycles. The second-order valence-corrected chi connectivity index (χ2v) is 10.6. The number of aryl methyl sites for hydroxylation is 1. The zero-order valence-corrected chi connectivity index (χ0v) is 19.9. The molecule has 2 aliphatic rings. The van der Waals surface area contributed by atoms with Crippen LogP contribution in [0.3, 0.4) is 0 Å². The molecular weight excluding hydrogens is 408 g/mol. The fraction of sp³-hybridized carbons (Fsp3) is 0.500. The quantitative estimate of drug-likeness (QED) is 0.587. The van der Waals surface area contributed by atoms with Crippen molar-refractivity contribution in [1.29, 1.82) is 5.26 Å². The summed E-state index contributed by atoms with van der Waals surface area (Å²) < 4.78 is 2.31. The Morgan fingerprint density at radius 1 is 1.09 bits per heavy atom. The van der Waals surface area contributed by atoms with E-state index in [9.17, 15) is 5.11 Å². The predicted molar refractivity (Wildman–Crippen MR) is 131 cm³/mol. The highest BCUT2D eigenvalue weighted by molar-refractivity contribution is 5.77. The molecule has 1 unspecified atom stereocenters. The summed E-state index contributed by atoms with van der Waals surface area (Å²) in [6, 6.07) is 15.7. The second-order valence-electron chi connectivity index (χ2n) is 10.6. The molecule has 0 radical (unpaired) electrons. The van der Waals surface area contributed by atoms with Crippen molar-refractivity contribution in [2.75, 3.05) is 6.54 Å². The number of hydrogen-bond donors (Lipinski definition) is 2. The minimum atomic E-state index is -0.967. The molecule has 2 aromatic carbocycles. The SMILES string of the molecule is Cc1ccc2c(c1)nc(C(C)(C)O)n2C1CCC(NCC2Cc3ccc(C#N)cc3C2)CC1. The van der Waals surface area contributed by atoms with E-state index in [-0.39, 0.29) is 0 Å². The molecule has 5 rings (SSSR count). The van der Waals surface area contributed by atoms with Crippen LogP contribution in [0, 0.1) is 24.2 Å². The van der Waals surface area contributed by atoms with Gasteiger partial charge in [0.1, 0.15) is 11.4 Å². The zero-order chi connectivity index (χ0) is 23.2. The molecule has 0 saturated heterocycles. The van der Waals surface area contributed by atoms with Gasteiger partial charge in [-0.25, -0.2) is 4.98 Å².